The monoisotopic (exact) mass is 239 g/mol. The van der Waals surface area contributed by atoms with Gasteiger partial charge in [0.1, 0.15) is 12.2 Å². The van der Waals surface area contributed by atoms with Gasteiger partial charge >= 0.3 is 0 Å². The summed E-state index contributed by atoms with van der Waals surface area (Å²) in [7, 11) is 0. The summed E-state index contributed by atoms with van der Waals surface area (Å²) < 4.78 is 5.15. The van der Waals surface area contributed by atoms with Gasteiger partial charge in [-0.2, -0.15) is 5.48 Å². The third kappa shape index (κ3) is 2.65. The van der Waals surface area contributed by atoms with Crippen molar-refractivity contribution in [2.24, 2.45) is 0 Å². The first-order valence-electron chi connectivity index (χ1n) is 5.68. The fraction of sp³-hybridized carbons (Fsp3) is 0.500. The van der Waals surface area contributed by atoms with Crippen molar-refractivity contribution in [2.75, 3.05) is 6.61 Å². The number of hydrogen-bond donors (Lipinski definition) is 3. The zero-order valence-electron chi connectivity index (χ0n) is 9.61. The molecular weight excluding hydrogens is 222 g/mol. The Kier molecular flexibility index (Phi) is 4.09. The number of aliphatic hydroxyl groups excluding tert-OH is 2. The number of rotatable bonds is 3. The van der Waals surface area contributed by atoms with E-state index in [0.29, 0.717) is 6.61 Å². The zero-order chi connectivity index (χ0) is 12.3. The summed E-state index contributed by atoms with van der Waals surface area (Å²) in [6.45, 7) is 2.21. The Bertz CT molecular complexity index is 346. The van der Waals surface area contributed by atoms with Crippen LogP contribution in [-0.2, 0) is 9.57 Å². The summed E-state index contributed by atoms with van der Waals surface area (Å²) in [6, 6.07) is 8.88. The van der Waals surface area contributed by atoms with E-state index in [0.717, 1.165) is 5.56 Å². The molecule has 5 heteroatoms. The first-order valence-corrected chi connectivity index (χ1v) is 5.68. The molecule has 0 unspecified atom stereocenters. The molecule has 1 aliphatic heterocycles. The van der Waals surface area contributed by atoms with Crippen molar-refractivity contribution < 1.29 is 19.8 Å². The van der Waals surface area contributed by atoms with Crippen LogP contribution in [0.4, 0.5) is 0 Å². The summed E-state index contributed by atoms with van der Waals surface area (Å²) in [5, 5.41) is 19.9. The van der Waals surface area contributed by atoms with Crippen LogP contribution in [0, 0.1) is 0 Å². The molecule has 0 aromatic heterocycles. The summed E-state index contributed by atoms with van der Waals surface area (Å²) in [5.74, 6) is 0. The fourth-order valence-corrected chi connectivity index (χ4v) is 1.86. The molecule has 94 valence electrons. The number of hydroxylamine groups is 1. The van der Waals surface area contributed by atoms with Crippen LogP contribution in [0.15, 0.2) is 30.3 Å². The normalized spacial score (nSPS) is 33.6. The molecule has 0 amide bonds. The van der Waals surface area contributed by atoms with E-state index in [4.69, 9.17) is 9.57 Å². The maximum absolute atomic E-state index is 10.0. The molecule has 0 aliphatic carbocycles. The molecule has 1 saturated heterocycles. The molecule has 17 heavy (non-hydrogen) atoms. The molecule has 0 bridgehead atoms. The highest BCUT2D eigenvalue weighted by molar-refractivity contribution is 5.20. The lowest BCUT2D eigenvalue weighted by molar-refractivity contribution is -0.284. The predicted octanol–water partition coefficient (Wildman–Crippen LogP) is 0.347. The second kappa shape index (κ2) is 5.57. The molecule has 1 aromatic rings. The van der Waals surface area contributed by atoms with Gasteiger partial charge in [0.2, 0.25) is 6.29 Å². The van der Waals surface area contributed by atoms with Gasteiger partial charge in [-0.15, -0.1) is 0 Å². The predicted molar refractivity (Wildman–Crippen MR) is 60.8 cm³/mol. The number of aliphatic hydroxyl groups is 2. The number of benzene rings is 1. The summed E-state index contributed by atoms with van der Waals surface area (Å²) in [4.78, 5) is 5.19. The van der Waals surface area contributed by atoms with Crippen LogP contribution in [-0.4, -0.2) is 35.3 Å². The minimum atomic E-state index is -1.07. The average Bonchev–Trinajstić information content (AvgIpc) is 2.36. The smallest absolute Gasteiger partial charge is 0.205 e. The first-order chi connectivity index (χ1) is 8.24. The van der Waals surface area contributed by atoms with Gasteiger partial charge in [0.15, 0.2) is 0 Å². The Balaban J connectivity index is 2.08. The van der Waals surface area contributed by atoms with Crippen molar-refractivity contribution >= 4 is 0 Å². The Morgan fingerprint density at radius 3 is 2.59 bits per heavy atom. The van der Waals surface area contributed by atoms with E-state index < -0.39 is 24.5 Å². The molecule has 1 fully saturated rings. The highest BCUT2D eigenvalue weighted by atomic mass is 16.8. The van der Waals surface area contributed by atoms with Crippen molar-refractivity contribution in [3.8, 4) is 0 Å². The van der Waals surface area contributed by atoms with E-state index in [9.17, 15) is 10.2 Å². The van der Waals surface area contributed by atoms with Crippen molar-refractivity contribution in [1.82, 2.24) is 5.48 Å². The highest BCUT2D eigenvalue weighted by Gasteiger charge is 2.39. The Hall–Kier alpha value is -0.980. The molecule has 3 N–H and O–H groups in total. The van der Waals surface area contributed by atoms with Crippen molar-refractivity contribution in [3.05, 3.63) is 35.9 Å². The van der Waals surface area contributed by atoms with Gasteiger partial charge in [-0.3, -0.25) is 4.84 Å². The summed E-state index contributed by atoms with van der Waals surface area (Å²) >= 11 is 0. The van der Waals surface area contributed by atoms with Gasteiger partial charge in [0, 0.05) is 6.61 Å². The van der Waals surface area contributed by atoms with Crippen LogP contribution in [0.3, 0.4) is 0 Å². The SMILES string of the molecule is CCO[C@H]1ON[C@@H](c2ccccc2)[C@H](O)[C@@H]1O. The van der Waals surface area contributed by atoms with E-state index in [1.165, 1.54) is 0 Å². The minimum Gasteiger partial charge on any atom is -0.388 e. The van der Waals surface area contributed by atoms with Crippen LogP contribution in [0.5, 0.6) is 0 Å². The minimum absolute atomic E-state index is 0.409. The van der Waals surface area contributed by atoms with E-state index in [-0.39, 0.29) is 0 Å². The van der Waals surface area contributed by atoms with Gasteiger partial charge < -0.3 is 14.9 Å². The molecule has 5 nitrogen and oxygen atoms in total. The molecular formula is C12H17NO4. The molecule has 2 rings (SSSR count). The zero-order valence-corrected chi connectivity index (χ0v) is 9.61. The van der Waals surface area contributed by atoms with Crippen LogP contribution in [0.2, 0.25) is 0 Å². The van der Waals surface area contributed by atoms with E-state index >= 15 is 0 Å². The number of nitrogens with one attached hydrogen (secondary N) is 1. The van der Waals surface area contributed by atoms with E-state index in [1.807, 2.05) is 30.3 Å². The molecule has 1 aromatic carbocycles. The van der Waals surface area contributed by atoms with Gasteiger partial charge in [0.25, 0.3) is 0 Å². The standard InChI is InChI=1S/C12H17NO4/c1-2-16-12-11(15)10(14)9(13-17-12)8-6-4-3-5-7-8/h3-7,9-15H,2H2,1H3/t9-,10-,11-,12-/m0/s1. The average molecular weight is 239 g/mol. The first kappa shape index (κ1) is 12.5. The van der Waals surface area contributed by atoms with Crippen molar-refractivity contribution in [2.45, 2.75) is 31.5 Å². The van der Waals surface area contributed by atoms with Crippen molar-refractivity contribution in [3.63, 3.8) is 0 Å². The van der Waals surface area contributed by atoms with Crippen LogP contribution in [0.25, 0.3) is 0 Å². The maximum atomic E-state index is 10.0. The van der Waals surface area contributed by atoms with Crippen molar-refractivity contribution in [1.29, 1.82) is 0 Å². The molecule has 1 heterocycles. The Morgan fingerprint density at radius 2 is 1.94 bits per heavy atom. The van der Waals surface area contributed by atoms with E-state index in [2.05, 4.69) is 5.48 Å². The summed E-state index contributed by atoms with van der Waals surface area (Å²) in [5.41, 5.74) is 3.57. The molecule has 0 spiro atoms. The molecule has 4 atom stereocenters. The second-order valence-electron chi connectivity index (χ2n) is 3.93. The van der Waals surface area contributed by atoms with E-state index in [1.54, 1.807) is 6.92 Å². The van der Waals surface area contributed by atoms with Gasteiger partial charge in [-0.05, 0) is 12.5 Å². The third-order valence-electron chi connectivity index (χ3n) is 2.77. The molecule has 1 aliphatic rings. The summed E-state index contributed by atoms with van der Waals surface area (Å²) in [6.07, 6.45) is -2.88. The van der Waals surface area contributed by atoms with Crippen LogP contribution >= 0.6 is 0 Å². The maximum Gasteiger partial charge on any atom is 0.205 e. The lowest BCUT2D eigenvalue weighted by atomic mass is 9.97. The van der Waals surface area contributed by atoms with Gasteiger partial charge in [-0.25, -0.2) is 0 Å². The van der Waals surface area contributed by atoms with Crippen LogP contribution in [0.1, 0.15) is 18.5 Å². The number of ether oxygens (including phenoxy) is 1. The Morgan fingerprint density at radius 1 is 1.24 bits per heavy atom. The fourth-order valence-electron chi connectivity index (χ4n) is 1.86. The lowest BCUT2D eigenvalue weighted by Gasteiger charge is -2.37. The topological polar surface area (TPSA) is 71.0 Å². The van der Waals surface area contributed by atoms with Gasteiger partial charge in [-0.1, -0.05) is 30.3 Å². The largest absolute Gasteiger partial charge is 0.388 e. The molecule has 0 saturated carbocycles. The van der Waals surface area contributed by atoms with Crippen LogP contribution < -0.4 is 5.48 Å². The second-order valence-corrected chi connectivity index (χ2v) is 3.93. The quantitative estimate of drug-likeness (QED) is 0.710. The van der Waals surface area contributed by atoms with Gasteiger partial charge in [0.05, 0.1) is 6.04 Å². The lowest BCUT2D eigenvalue weighted by Crippen LogP contribution is -2.54. The Labute approximate surface area is 99.9 Å². The third-order valence-corrected chi connectivity index (χ3v) is 2.77. The molecule has 0 radical (unpaired) electrons. The number of hydrogen-bond acceptors (Lipinski definition) is 5. The highest BCUT2D eigenvalue weighted by Crippen LogP contribution is 2.25.